The van der Waals surface area contributed by atoms with Crippen molar-refractivity contribution in [3.63, 3.8) is 0 Å². The minimum atomic E-state index is -0.528. The van der Waals surface area contributed by atoms with Crippen LogP contribution in [0.3, 0.4) is 0 Å². The highest BCUT2D eigenvalue weighted by molar-refractivity contribution is 6.43. The van der Waals surface area contributed by atoms with Gasteiger partial charge in [-0.1, -0.05) is 61.5 Å². The molecule has 0 heterocycles. The maximum Gasteiger partial charge on any atom is 0.344 e. The molecule has 1 unspecified atom stereocenters. The van der Waals surface area contributed by atoms with E-state index in [0.717, 1.165) is 25.7 Å². The number of hydrogen-bond donors (Lipinski definition) is 1. The summed E-state index contributed by atoms with van der Waals surface area (Å²) in [5.41, 5.74) is -0.396. The highest BCUT2D eigenvalue weighted by Crippen LogP contribution is 2.34. The van der Waals surface area contributed by atoms with E-state index in [2.05, 4.69) is 6.92 Å². The first-order valence-corrected chi connectivity index (χ1v) is 9.04. The quantitative estimate of drug-likeness (QED) is 0.438. The Labute approximate surface area is 158 Å². The Kier molecular flexibility index (Phi) is 9.21. The van der Waals surface area contributed by atoms with Crippen LogP contribution in [0.2, 0.25) is 15.1 Å². The van der Waals surface area contributed by atoms with Gasteiger partial charge in [0.1, 0.15) is 5.75 Å². The SMILES string of the molecule is CCCCC(CC)(CO)COC(=O)COc1cc(Cl)c(Cl)cc1Cl. The third-order valence-corrected chi connectivity index (χ3v) is 5.02. The van der Waals surface area contributed by atoms with E-state index in [1.165, 1.54) is 12.1 Å². The van der Waals surface area contributed by atoms with E-state index in [9.17, 15) is 9.90 Å². The average molecular weight is 398 g/mol. The van der Waals surface area contributed by atoms with Crippen LogP contribution in [-0.4, -0.2) is 30.9 Å². The molecule has 1 atom stereocenters. The van der Waals surface area contributed by atoms with Crippen molar-refractivity contribution in [1.82, 2.24) is 0 Å². The predicted octanol–water partition coefficient (Wildman–Crippen LogP) is 5.15. The van der Waals surface area contributed by atoms with Gasteiger partial charge in [-0.15, -0.1) is 0 Å². The molecule has 136 valence electrons. The van der Waals surface area contributed by atoms with Crippen LogP contribution in [-0.2, 0) is 9.53 Å². The maximum absolute atomic E-state index is 11.9. The van der Waals surface area contributed by atoms with Crippen molar-refractivity contribution in [2.45, 2.75) is 39.5 Å². The zero-order valence-electron chi connectivity index (χ0n) is 13.9. The lowest BCUT2D eigenvalue weighted by atomic mass is 9.82. The van der Waals surface area contributed by atoms with Gasteiger partial charge in [0.15, 0.2) is 6.61 Å². The highest BCUT2D eigenvalue weighted by atomic mass is 35.5. The number of carbonyl (C=O) groups excluding carboxylic acids is 1. The van der Waals surface area contributed by atoms with E-state index in [4.69, 9.17) is 44.3 Å². The zero-order valence-corrected chi connectivity index (χ0v) is 16.2. The van der Waals surface area contributed by atoms with Crippen LogP contribution in [0.4, 0.5) is 0 Å². The number of rotatable bonds is 10. The minimum Gasteiger partial charge on any atom is -0.480 e. The van der Waals surface area contributed by atoms with Gasteiger partial charge in [0.25, 0.3) is 0 Å². The van der Waals surface area contributed by atoms with E-state index in [1.54, 1.807) is 0 Å². The van der Waals surface area contributed by atoms with Gasteiger partial charge < -0.3 is 14.6 Å². The molecular weight excluding hydrogens is 375 g/mol. The van der Waals surface area contributed by atoms with Crippen LogP contribution in [0, 0.1) is 5.41 Å². The molecule has 0 amide bonds. The van der Waals surface area contributed by atoms with Crippen LogP contribution in [0.1, 0.15) is 39.5 Å². The molecule has 1 aromatic carbocycles. The third kappa shape index (κ3) is 6.32. The van der Waals surface area contributed by atoms with Crippen LogP contribution >= 0.6 is 34.8 Å². The van der Waals surface area contributed by atoms with E-state index < -0.39 is 11.4 Å². The van der Waals surface area contributed by atoms with Crippen molar-refractivity contribution in [1.29, 1.82) is 0 Å². The first-order valence-electron chi connectivity index (χ1n) is 7.91. The molecule has 1 rings (SSSR count). The second-order valence-electron chi connectivity index (χ2n) is 5.76. The summed E-state index contributed by atoms with van der Waals surface area (Å²) >= 11 is 17.7. The van der Waals surface area contributed by atoms with Gasteiger partial charge in [-0.3, -0.25) is 0 Å². The fourth-order valence-corrected chi connectivity index (χ4v) is 2.76. The Balaban J connectivity index is 2.55. The number of aliphatic hydroxyl groups excluding tert-OH is 1. The minimum absolute atomic E-state index is 0.0176. The smallest absolute Gasteiger partial charge is 0.344 e. The van der Waals surface area contributed by atoms with Crippen molar-refractivity contribution >= 4 is 40.8 Å². The summed E-state index contributed by atoms with van der Waals surface area (Å²) in [6.07, 6.45) is 3.54. The van der Waals surface area contributed by atoms with Crippen molar-refractivity contribution in [3.05, 3.63) is 27.2 Å². The van der Waals surface area contributed by atoms with Crippen molar-refractivity contribution < 1.29 is 19.4 Å². The molecule has 0 fully saturated rings. The molecule has 7 heteroatoms. The fraction of sp³-hybridized carbons (Fsp3) is 0.588. The molecule has 0 aliphatic carbocycles. The molecule has 1 N–H and O–H groups in total. The lowest BCUT2D eigenvalue weighted by molar-refractivity contribution is -0.151. The van der Waals surface area contributed by atoms with Crippen LogP contribution in [0.25, 0.3) is 0 Å². The summed E-state index contributed by atoms with van der Waals surface area (Å²) in [5, 5.41) is 10.5. The van der Waals surface area contributed by atoms with Crippen LogP contribution in [0.15, 0.2) is 12.1 Å². The molecule has 0 saturated heterocycles. The summed E-state index contributed by atoms with van der Waals surface area (Å²) < 4.78 is 10.6. The van der Waals surface area contributed by atoms with E-state index in [0.29, 0.717) is 5.02 Å². The fourth-order valence-electron chi connectivity index (χ4n) is 2.17. The van der Waals surface area contributed by atoms with Gasteiger partial charge in [-0.05, 0) is 18.9 Å². The Morgan fingerprint density at radius 1 is 1.17 bits per heavy atom. The molecule has 4 nitrogen and oxygen atoms in total. The molecule has 0 radical (unpaired) electrons. The number of esters is 1. The van der Waals surface area contributed by atoms with Gasteiger partial charge in [0.2, 0.25) is 0 Å². The largest absolute Gasteiger partial charge is 0.480 e. The summed E-state index contributed by atoms with van der Waals surface area (Å²) in [6.45, 7) is 3.91. The zero-order chi connectivity index (χ0) is 18.2. The number of hydrogen-bond acceptors (Lipinski definition) is 4. The lowest BCUT2D eigenvalue weighted by Crippen LogP contribution is -2.32. The van der Waals surface area contributed by atoms with E-state index in [1.807, 2.05) is 6.92 Å². The monoisotopic (exact) mass is 396 g/mol. The summed E-state index contributed by atoms with van der Waals surface area (Å²) in [5.74, 6) is -0.266. The topological polar surface area (TPSA) is 55.8 Å². The van der Waals surface area contributed by atoms with Gasteiger partial charge in [-0.2, -0.15) is 0 Å². The normalized spacial score (nSPS) is 13.4. The molecule has 1 aromatic rings. The number of halogens is 3. The number of aliphatic hydroxyl groups is 1. The summed E-state index contributed by atoms with van der Waals surface area (Å²) in [7, 11) is 0. The van der Waals surface area contributed by atoms with Gasteiger partial charge in [0, 0.05) is 11.5 Å². The Bertz CT molecular complexity index is 545. The third-order valence-electron chi connectivity index (χ3n) is 4.01. The Morgan fingerprint density at radius 3 is 2.42 bits per heavy atom. The number of unbranched alkanes of at least 4 members (excludes halogenated alkanes) is 1. The van der Waals surface area contributed by atoms with E-state index in [-0.39, 0.29) is 35.6 Å². The van der Waals surface area contributed by atoms with Gasteiger partial charge in [-0.25, -0.2) is 4.79 Å². The predicted molar refractivity (Wildman–Crippen MR) is 97.3 cm³/mol. The highest BCUT2D eigenvalue weighted by Gasteiger charge is 2.28. The standard InChI is InChI=1S/C17H23Cl3O4/c1-3-5-6-17(4-2,10-21)11-24-16(22)9-23-15-8-13(19)12(18)7-14(15)20/h7-8,21H,3-6,9-11H2,1-2H3. The second kappa shape index (κ2) is 10.3. The second-order valence-corrected chi connectivity index (χ2v) is 6.98. The van der Waals surface area contributed by atoms with E-state index >= 15 is 0 Å². The van der Waals surface area contributed by atoms with Crippen molar-refractivity contribution in [2.75, 3.05) is 19.8 Å². The molecule has 0 bridgehead atoms. The first kappa shape index (κ1) is 21.4. The number of carbonyl (C=O) groups is 1. The van der Waals surface area contributed by atoms with Crippen LogP contribution < -0.4 is 4.74 Å². The van der Waals surface area contributed by atoms with Gasteiger partial charge >= 0.3 is 5.97 Å². The Morgan fingerprint density at radius 2 is 1.83 bits per heavy atom. The van der Waals surface area contributed by atoms with Gasteiger partial charge in [0.05, 0.1) is 28.3 Å². The average Bonchev–Trinajstić information content (AvgIpc) is 2.57. The molecular formula is C17H23Cl3O4. The number of ether oxygens (including phenoxy) is 2. The molecule has 0 aliphatic heterocycles. The first-order chi connectivity index (χ1) is 11.4. The lowest BCUT2D eigenvalue weighted by Gasteiger charge is -2.30. The molecule has 0 aliphatic rings. The molecule has 0 saturated carbocycles. The van der Waals surface area contributed by atoms with Crippen LogP contribution in [0.5, 0.6) is 5.75 Å². The molecule has 0 spiro atoms. The van der Waals surface area contributed by atoms with Crippen molar-refractivity contribution in [3.8, 4) is 5.75 Å². The maximum atomic E-state index is 11.9. The summed E-state index contributed by atoms with van der Waals surface area (Å²) in [6, 6.07) is 2.90. The number of benzene rings is 1. The van der Waals surface area contributed by atoms with Crippen molar-refractivity contribution in [2.24, 2.45) is 5.41 Å². The molecule has 0 aromatic heterocycles. The Hall–Kier alpha value is -0.680. The summed E-state index contributed by atoms with van der Waals surface area (Å²) in [4.78, 5) is 11.9. The molecule has 24 heavy (non-hydrogen) atoms.